The molecule has 0 bridgehead atoms. The van der Waals surface area contributed by atoms with Gasteiger partial charge in [-0.15, -0.1) is 0 Å². The minimum atomic E-state index is 0.0463. The highest BCUT2D eigenvalue weighted by Crippen LogP contribution is 2.34. The Morgan fingerprint density at radius 2 is 2.06 bits per heavy atom. The molecule has 0 spiro atoms. The number of nitrogens with one attached hydrogen (secondary N) is 1. The smallest absolute Gasteiger partial charge is 0.251 e. The van der Waals surface area contributed by atoms with Crippen LogP contribution in [0.3, 0.4) is 0 Å². The van der Waals surface area contributed by atoms with Gasteiger partial charge in [-0.1, -0.05) is 35.7 Å². The maximum atomic E-state index is 12.0. The number of hydrogen-bond donors (Lipinski definition) is 1. The van der Waals surface area contributed by atoms with Crippen molar-refractivity contribution in [2.45, 2.75) is 38.6 Å². The van der Waals surface area contributed by atoms with Crippen molar-refractivity contribution in [1.29, 1.82) is 0 Å². The highest BCUT2D eigenvalue weighted by atomic mass is 79.9. The van der Waals surface area contributed by atoms with E-state index in [-0.39, 0.29) is 5.91 Å². The first-order valence-electron chi connectivity index (χ1n) is 6.25. The largest absolute Gasteiger partial charge is 0.349 e. The minimum Gasteiger partial charge on any atom is -0.349 e. The van der Waals surface area contributed by atoms with Crippen LogP contribution in [0.5, 0.6) is 0 Å². The SMILES string of the molecule is CCC(CC1CC1)NC(=O)c1ccc(Br)cc1. The van der Waals surface area contributed by atoms with E-state index in [9.17, 15) is 4.79 Å². The second-order valence-electron chi connectivity index (χ2n) is 4.76. The summed E-state index contributed by atoms with van der Waals surface area (Å²) >= 11 is 3.37. The van der Waals surface area contributed by atoms with Gasteiger partial charge < -0.3 is 5.32 Å². The summed E-state index contributed by atoms with van der Waals surface area (Å²) in [5.74, 6) is 0.898. The monoisotopic (exact) mass is 295 g/mol. The molecule has 1 amide bonds. The first kappa shape index (κ1) is 12.6. The van der Waals surface area contributed by atoms with Gasteiger partial charge in [0.2, 0.25) is 0 Å². The van der Waals surface area contributed by atoms with Gasteiger partial charge in [0, 0.05) is 16.1 Å². The average molecular weight is 296 g/mol. The molecular weight excluding hydrogens is 278 g/mol. The average Bonchev–Trinajstić information content (AvgIpc) is 3.13. The molecule has 0 aliphatic heterocycles. The molecule has 0 heterocycles. The van der Waals surface area contributed by atoms with Gasteiger partial charge in [0.05, 0.1) is 0 Å². The summed E-state index contributed by atoms with van der Waals surface area (Å²) in [5.41, 5.74) is 0.738. The molecule has 1 unspecified atom stereocenters. The molecule has 1 fully saturated rings. The molecule has 3 heteroatoms. The van der Waals surface area contributed by atoms with Crippen molar-refractivity contribution in [2.24, 2.45) is 5.92 Å². The summed E-state index contributed by atoms with van der Waals surface area (Å²) in [5, 5.41) is 3.12. The Hall–Kier alpha value is -0.830. The molecule has 1 aliphatic rings. The van der Waals surface area contributed by atoms with Crippen LogP contribution in [-0.4, -0.2) is 11.9 Å². The molecule has 0 radical (unpaired) electrons. The van der Waals surface area contributed by atoms with Crippen molar-refractivity contribution < 1.29 is 4.79 Å². The van der Waals surface area contributed by atoms with Crippen molar-refractivity contribution >= 4 is 21.8 Å². The van der Waals surface area contributed by atoms with Gasteiger partial charge in [0.25, 0.3) is 5.91 Å². The second-order valence-corrected chi connectivity index (χ2v) is 5.68. The van der Waals surface area contributed by atoms with Gasteiger partial charge in [0.1, 0.15) is 0 Å². The summed E-state index contributed by atoms with van der Waals surface area (Å²) in [6, 6.07) is 7.83. The molecule has 2 nitrogen and oxygen atoms in total. The van der Waals surface area contributed by atoms with E-state index in [2.05, 4.69) is 28.2 Å². The van der Waals surface area contributed by atoms with E-state index in [0.29, 0.717) is 6.04 Å². The maximum absolute atomic E-state index is 12.0. The quantitative estimate of drug-likeness (QED) is 0.880. The molecular formula is C14H18BrNO. The Balaban J connectivity index is 1.92. The number of hydrogen-bond acceptors (Lipinski definition) is 1. The van der Waals surface area contributed by atoms with Crippen LogP contribution >= 0.6 is 15.9 Å². The molecule has 1 aromatic rings. The van der Waals surface area contributed by atoms with Gasteiger partial charge in [-0.05, 0) is 43.0 Å². The fourth-order valence-electron chi connectivity index (χ4n) is 1.95. The van der Waals surface area contributed by atoms with E-state index >= 15 is 0 Å². The Morgan fingerprint density at radius 3 is 2.59 bits per heavy atom. The van der Waals surface area contributed by atoms with Crippen LogP contribution in [0.15, 0.2) is 28.7 Å². The predicted octanol–water partition coefficient (Wildman–Crippen LogP) is 3.76. The molecule has 2 rings (SSSR count). The van der Waals surface area contributed by atoms with E-state index in [0.717, 1.165) is 28.8 Å². The van der Waals surface area contributed by atoms with E-state index in [1.54, 1.807) is 0 Å². The van der Waals surface area contributed by atoms with Crippen molar-refractivity contribution in [1.82, 2.24) is 5.32 Å². The van der Waals surface area contributed by atoms with Crippen LogP contribution in [-0.2, 0) is 0 Å². The van der Waals surface area contributed by atoms with Gasteiger partial charge in [-0.3, -0.25) is 4.79 Å². The summed E-state index contributed by atoms with van der Waals surface area (Å²) in [6.45, 7) is 2.13. The molecule has 1 atom stereocenters. The van der Waals surface area contributed by atoms with Crippen LogP contribution < -0.4 is 5.32 Å². The Kier molecular flexibility index (Phi) is 4.21. The van der Waals surface area contributed by atoms with E-state index < -0.39 is 0 Å². The van der Waals surface area contributed by atoms with Crippen LogP contribution in [0.1, 0.15) is 43.0 Å². The van der Waals surface area contributed by atoms with Crippen LogP contribution in [0.2, 0.25) is 0 Å². The number of carbonyl (C=O) groups excluding carboxylic acids is 1. The molecule has 0 aromatic heterocycles. The van der Waals surface area contributed by atoms with Crippen LogP contribution in [0, 0.1) is 5.92 Å². The Bertz CT molecular complexity index is 384. The van der Waals surface area contributed by atoms with E-state index in [1.165, 1.54) is 12.8 Å². The molecule has 1 aromatic carbocycles. The second kappa shape index (κ2) is 5.67. The third-order valence-electron chi connectivity index (χ3n) is 3.25. The highest BCUT2D eigenvalue weighted by Gasteiger charge is 2.25. The molecule has 92 valence electrons. The zero-order valence-corrected chi connectivity index (χ0v) is 11.7. The third-order valence-corrected chi connectivity index (χ3v) is 3.78. The minimum absolute atomic E-state index is 0.0463. The standard InChI is InChI=1S/C14H18BrNO/c1-2-13(9-10-3-4-10)16-14(17)11-5-7-12(15)8-6-11/h5-8,10,13H,2-4,9H2,1H3,(H,16,17). The topological polar surface area (TPSA) is 29.1 Å². The third kappa shape index (κ3) is 3.84. The lowest BCUT2D eigenvalue weighted by molar-refractivity contribution is 0.0932. The van der Waals surface area contributed by atoms with Gasteiger partial charge in [0.15, 0.2) is 0 Å². The Labute approximate surface area is 111 Å². The summed E-state index contributed by atoms with van der Waals surface area (Å²) in [6.07, 6.45) is 4.83. The summed E-state index contributed by atoms with van der Waals surface area (Å²) in [4.78, 5) is 12.0. The van der Waals surface area contributed by atoms with Crippen molar-refractivity contribution in [2.75, 3.05) is 0 Å². The lowest BCUT2D eigenvalue weighted by Gasteiger charge is -2.16. The zero-order chi connectivity index (χ0) is 12.3. The lowest BCUT2D eigenvalue weighted by atomic mass is 10.1. The fraction of sp³-hybridized carbons (Fsp3) is 0.500. The zero-order valence-electron chi connectivity index (χ0n) is 10.1. The molecule has 17 heavy (non-hydrogen) atoms. The van der Waals surface area contributed by atoms with Gasteiger partial charge in [-0.25, -0.2) is 0 Å². The summed E-state index contributed by atoms with van der Waals surface area (Å²) < 4.78 is 0.999. The Morgan fingerprint density at radius 1 is 1.41 bits per heavy atom. The van der Waals surface area contributed by atoms with E-state index in [1.807, 2.05) is 24.3 Å². The predicted molar refractivity (Wildman–Crippen MR) is 73.0 cm³/mol. The van der Waals surface area contributed by atoms with Crippen LogP contribution in [0.4, 0.5) is 0 Å². The maximum Gasteiger partial charge on any atom is 0.251 e. The molecule has 1 aliphatic carbocycles. The van der Waals surface area contributed by atoms with Gasteiger partial charge in [-0.2, -0.15) is 0 Å². The molecule has 1 N–H and O–H groups in total. The van der Waals surface area contributed by atoms with Crippen LogP contribution in [0.25, 0.3) is 0 Å². The number of carbonyl (C=O) groups is 1. The number of halogens is 1. The lowest BCUT2D eigenvalue weighted by Crippen LogP contribution is -2.34. The molecule has 1 saturated carbocycles. The first-order chi connectivity index (χ1) is 8.19. The number of amides is 1. The summed E-state index contributed by atoms with van der Waals surface area (Å²) in [7, 11) is 0. The number of rotatable bonds is 5. The normalized spacial score (nSPS) is 16.6. The van der Waals surface area contributed by atoms with Crippen molar-refractivity contribution in [3.05, 3.63) is 34.3 Å². The highest BCUT2D eigenvalue weighted by molar-refractivity contribution is 9.10. The fourth-order valence-corrected chi connectivity index (χ4v) is 2.22. The number of benzene rings is 1. The van der Waals surface area contributed by atoms with Crippen molar-refractivity contribution in [3.63, 3.8) is 0 Å². The van der Waals surface area contributed by atoms with E-state index in [4.69, 9.17) is 0 Å². The van der Waals surface area contributed by atoms with Crippen molar-refractivity contribution in [3.8, 4) is 0 Å². The molecule has 0 saturated heterocycles. The van der Waals surface area contributed by atoms with Gasteiger partial charge >= 0.3 is 0 Å². The first-order valence-corrected chi connectivity index (χ1v) is 7.04.